The molecule has 2 nitrogen and oxygen atoms in total. The van der Waals surface area contributed by atoms with E-state index in [4.69, 9.17) is 0 Å². The first-order valence-corrected chi connectivity index (χ1v) is 8.55. The van der Waals surface area contributed by atoms with Gasteiger partial charge >= 0.3 is 0 Å². The van der Waals surface area contributed by atoms with Gasteiger partial charge in [0, 0.05) is 18.7 Å². The van der Waals surface area contributed by atoms with Crippen LogP contribution in [-0.2, 0) is 4.79 Å². The summed E-state index contributed by atoms with van der Waals surface area (Å²) < 4.78 is 0. The predicted octanol–water partition coefficient (Wildman–Crippen LogP) is 4.43. The molecule has 110 valence electrons. The van der Waals surface area contributed by atoms with Crippen LogP contribution in [-0.4, -0.2) is 23.1 Å². The zero-order valence-electron chi connectivity index (χ0n) is 12.9. The van der Waals surface area contributed by atoms with Gasteiger partial charge in [0.1, 0.15) is 5.37 Å². The molecule has 0 radical (unpaired) electrons. The van der Waals surface area contributed by atoms with Gasteiger partial charge in [-0.05, 0) is 23.0 Å². The van der Waals surface area contributed by atoms with Crippen LogP contribution in [0.5, 0.6) is 0 Å². The first-order valence-electron chi connectivity index (χ1n) is 7.50. The standard InChI is InChI=1S/C17H25NOS/c1-12(2)11-16(19)18-9-10-20-17(18)15-7-5-14(6-8-15)13(3)4/h5-8,12-13,17H,9-11H2,1-4H3. The van der Waals surface area contributed by atoms with Crippen molar-refractivity contribution in [3.05, 3.63) is 35.4 Å². The minimum Gasteiger partial charge on any atom is -0.326 e. The first kappa shape index (κ1) is 15.4. The summed E-state index contributed by atoms with van der Waals surface area (Å²) in [6.45, 7) is 9.50. The normalized spacial score (nSPS) is 19.1. The molecule has 1 aromatic carbocycles. The molecular formula is C17H25NOS. The van der Waals surface area contributed by atoms with Crippen molar-refractivity contribution < 1.29 is 4.79 Å². The van der Waals surface area contributed by atoms with Crippen LogP contribution >= 0.6 is 11.8 Å². The zero-order valence-corrected chi connectivity index (χ0v) is 13.7. The van der Waals surface area contributed by atoms with Gasteiger partial charge in [-0.3, -0.25) is 4.79 Å². The average Bonchev–Trinajstić information content (AvgIpc) is 2.87. The van der Waals surface area contributed by atoms with Crippen molar-refractivity contribution >= 4 is 17.7 Å². The van der Waals surface area contributed by atoms with E-state index in [-0.39, 0.29) is 5.37 Å². The molecule has 1 fully saturated rings. The van der Waals surface area contributed by atoms with Gasteiger partial charge in [-0.25, -0.2) is 0 Å². The van der Waals surface area contributed by atoms with E-state index < -0.39 is 0 Å². The molecule has 1 aromatic rings. The molecule has 0 saturated carbocycles. The fourth-order valence-corrected chi connectivity index (χ4v) is 3.79. The molecule has 20 heavy (non-hydrogen) atoms. The van der Waals surface area contributed by atoms with Gasteiger partial charge in [-0.2, -0.15) is 0 Å². The molecule has 0 aliphatic carbocycles. The highest BCUT2D eigenvalue weighted by atomic mass is 32.2. The Morgan fingerprint density at radius 2 is 1.90 bits per heavy atom. The Kier molecular flexibility index (Phi) is 5.14. The fourth-order valence-electron chi connectivity index (χ4n) is 2.51. The second kappa shape index (κ2) is 6.66. The molecule has 1 amide bonds. The van der Waals surface area contributed by atoms with E-state index in [0.717, 1.165) is 12.3 Å². The van der Waals surface area contributed by atoms with E-state index in [2.05, 4.69) is 56.9 Å². The summed E-state index contributed by atoms with van der Waals surface area (Å²) in [7, 11) is 0. The van der Waals surface area contributed by atoms with Crippen molar-refractivity contribution in [1.82, 2.24) is 4.90 Å². The van der Waals surface area contributed by atoms with E-state index in [9.17, 15) is 4.79 Å². The monoisotopic (exact) mass is 291 g/mol. The maximum atomic E-state index is 12.3. The fraction of sp³-hybridized carbons (Fsp3) is 0.588. The molecule has 0 N–H and O–H groups in total. The van der Waals surface area contributed by atoms with Crippen molar-refractivity contribution in [1.29, 1.82) is 0 Å². The summed E-state index contributed by atoms with van der Waals surface area (Å²) in [5, 5.41) is 0.211. The number of hydrogen-bond donors (Lipinski definition) is 0. The van der Waals surface area contributed by atoms with Crippen LogP contribution in [0, 0.1) is 5.92 Å². The molecular weight excluding hydrogens is 266 g/mol. The van der Waals surface area contributed by atoms with E-state index in [1.165, 1.54) is 11.1 Å². The number of hydrogen-bond acceptors (Lipinski definition) is 2. The Morgan fingerprint density at radius 3 is 2.45 bits per heavy atom. The molecule has 1 aliphatic heterocycles. The summed E-state index contributed by atoms with van der Waals surface area (Å²) >= 11 is 1.88. The van der Waals surface area contributed by atoms with Crippen LogP contribution in [0.1, 0.15) is 56.5 Å². The quantitative estimate of drug-likeness (QED) is 0.818. The minimum atomic E-state index is 0.211. The Labute approximate surface area is 126 Å². The molecule has 2 rings (SSSR count). The van der Waals surface area contributed by atoms with Gasteiger partial charge in [-0.15, -0.1) is 11.8 Å². The number of benzene rings is 1. The Bertz CT molecular complexity index is 453. The smallest absolute Gasteiger partial charge is 0.224 e. The van der Waals surface area contributed by atoms with Crippen molar-refractivity contribution in [3.63, 3.8) is 0 Å². The second-order valence-electron chi connectivity index (χ2n) is 6.23. The minimum absolute atomic E-state index is 0.211. The van der Waals surface area contributed by atoms with Gasteiger partial charge < -0.3 is 4.90 Å². The Balaban J connectivity index is 2.12. The van der Waals surface area contributed by atoms with Crippen molar-refractivity contribution in [3.8, 4) is 0 Å². The number of carbonyl (C=O) groups is 1. The molecule has 3 heteroatoms. The number of amides is 1. The summed E-state index contributed by atoms with van der Waals surface area (Å²) in [4.78, 5) is 14.4. The molecule has 1 aliphatic rings. The molecule has 1 heterocycles. The second-order valence-corrected chi connectivity index (χ2v) is 7.42. The van der Waals surface area contributed by atoms with Crippen LogP contribution in [0.4, 0.5) is 0 Å². The van der Waals surface area contributed by atoms with E-state index >= 15 is 0 Å². The Hall–Kier alpha value is -0.960. The number of carbonyl (C=O) groups excluding carboxylic acids is 1. The third-order valence-electron chi connectivity index (χ3n) is 3.68. The molecule has 0 spiro atoms. The highest BCUT2D eigenvalue weighted by Crippen LogP contribution is 2.38. The molecule has 0 bridgehead atoms. The number of thioether (sulfide) groups is 1. The van der Waals surface area contributed by atoms with Gasteiger partial charge in [0.2, 0.25) is 5.91 Å². The predicted molar refractivity (Wildman–Crippen MR) is 86.9 cm³/mol. The van der Waals surface area contributed by atoms with Crippen LogP contribution in [0.15, 0.2) is 24.3 Å². The summed E-state index contributed by atoms with van der Waals surface area (Å²) in [5.41, 5.74) is 2.62. The van der Waals surface area contributed by atoms with Crippen molar-refractivity contribution in [2.75, 3.05) is 12.3 Å². The molecule has 0 aromatic heterocycles. The van der Waals surface area contributed by atoms with Gasteiger partial charge in [0.05, 0.1) is 0 Å². The molecule has 1 unspecified atom stereocenters. The third kappa shape index (κ3) is 3.57. The van der Waals surface area contributed by atoms with Crippen LogP contribution in [0.3, 0.4) is 0 Å². The van der Waals surface area contributed by atoms with E-state index in [1.807, 2.05) is 11.8 Å². The maximum Gasteiger partial charge on any atom is 0.224 e. The van der Waals surface area contributed by atoms with Crippen molar-refractivity contribution in [2.24, 2.45) is 5.92 Å². The lowest BCUT2D eigenvalue weighted by Crippen LogP contribution is -2.31. The number of rotatable bonds is 4. The molecule has 1 saturated heterocycles. The lowest BCUT2D eigenvalue weighted by atomic mass is 10.0. The maximum absolute atomic E-state index is 12.3. The van der Waals surface area contributed by atoms with Gasteiger partial charge in [0.25, 0.3) is 0 Å². The third-order valence-corrected chi connectivity index (χ3v) is 4.94. The topological polar surface area (TPSA) is 20.3 Å². The van der Waals surface area contributed by atoms with E-state index in [1.54, 1.807) is 0 Å². The van der Waals surface area contributed by atoms with Gasteiger partial charge in [-0.1, -0.05) is 52.0 Å². The van der Waals surface area contributed by atoms with Crippen LogP contribution in [0.25, 0.3) is 0 Å². The summed E-state index contributed by atoms with van der Waals surface area (Å²) in [6.07, 6.45) is 0.654. The largest absolute Gasteiger partial charge is 0.326 e. The first-order chi connectivity index (χ1) is 9.49. The molecule has 1 atom stereocenters. The van der Waals surface area contributed by atoms with Crippen molar-refractivity contribution in [2.45, 2.75) is 45.4 Å². The highest BCUT2D eigenvalue weighted by molar-refractivity contribution is 7.99. The van der Waals surface area contributed by atoms with Crippen LogP contribution < -0.4 is 0 Å². The Morgan fingerprint density at radius 1 is 1.25 bits per heavy atom. The zero-order chi connectivity index (χ0) is 14.7. The van der Waals surface area contributed by atoms with Gasteiger partial charge in [0.15, 0.2) is 0 Å². The van der Waals surface area contributed by atoms with Crippen LogP contribution in [0.2, 0.25) is 0 Å². The average molecular weight is 291 g/mol. The SMILES string of the molecule is CC(C)CC(=O)N1CCSC1c1ccc(C(C)C)cc1. The summed E-state index contributed by atoms with van der Waals surface area (Å²) in [5.74, 6) is 2.32. The lowest BCUT2D eigenvalue weighted by Gasteiger charge is -2.25. The highest BCUT2D eigenvalue weighted by Gasteiger charge is 2.30. The lowest BCUT2D eigenvalue weighted by molar-refractivity contribution is -0.132. The summed E-state index contributed by atoms with van der Waals surface area (Å²) in [6, 6.07) is 8.77. The number of nitrogens with zero attached hydrogens (tertiary/aromatic N) is 1. The van der Waals surface area contributed by atoms with E-state index in [0.29, 0.717) is 24.2 Å².